The van der Waals surface area contributed by atoms with E-state index in [1.165, 1.54) is 0 Å². The van der Waals surface area contributed by atoms with Gasteiger partial charge in [0.15, 0.2) is 0 Å². The van der Waals surface area contributed by atoms with Gasteiger partial charge in [0, 0.05) is 13.1 Å². The van der Waals surface area contributed by atoms with Gasteiger partial charge in [-0.15, -0.1) is 0 Å². The van der Waals surface area contributed by atoms with Crippen LogP contribution < -0.4 is 10.0 Å². The molecule has 0 bridgehead atoms. The summed E-state index contributed by atoms with van der Waals surface area (Å²) in [6, 6.07) is 9.39. The molecule has 0 saturated carbocycles. The van der Waals surface area contributed by atoms with Crippen molar-refractivity contribution in [1.82, 2.24) is 20.2 Å². The van der Waals surface area contributed by atoms with Gasteiger partial charge >= 0.3 is 0 Å². The molecule has 2 aromatic rings. The van der Waals surface area contributed by atoms with Crippen molar-refractivity contribution < 1.29 is 8.42 Å². The Hall–Kier alpha value is -1.70. The van der Waals surface area contributed by atoms with Crippen molar-refractivity contribution in [1.29, 1.82) is 0 Å². The third-order valence-corrected chi connectivity index (χ3v) is 4.49. The highest BCUT2D eigenvalue weighted by Gasteiger charge is 2.23. The summed E-state index contributed by atoms with van der Waals surface area (Å²) in [5, 5.41) is 9.65. The van der Waals surface area contributed by atoms with E-state index in [-0.39, 0.29) is 11.4 Å². The lowest BCUT2D eigenvalue weighted by Gasteiger charge is -2.08. The normalized spacial score (nSPS) is 11.7. The molecule has 0 amide bonds. The maximum Gasteiger partial charge on any atom is 0.244 e. The topological polar surface area (TPSA) is 86.9 Å². The Labute approximate surface area is 118 Å². The molecule has 0 fully saturated rings. The molecule has 0 radical (unpaired) electrons. The Bertz CT molecular complexity index is 665. The molecule has 2 rings (SSSR count). The molecule has 0 unspecified atom stereocenters. The lowest BCUT2D eigenvalue weighted by Crippen LogP contribution is -2.25. The molecule has 0 aliphatic rings. The second kappa shape index (κ2) is 6.17. The van der Waals surface area contributed by atoms with Crippen molar-refractivity contribution in [2.75, 3.05) is 7.05 Å². The van der Waals surface area contributed by atoms with Crippen LogP contribution in [0.1, 0.15) is 17.0 Å². The molecule has 0 aliphatic heterocycles. The number of aryl methyl sites for hydroxylation is 1. The number of nitrogens with zero attached hydrogens (tertiary/aromatic N) is 1. The predicted octanol–water partition coefficient (Wildman–Crippen LogP) is 0.916. The summed E-state index contributed by atoms with van der Waals surface area (Å²) in [4.78, 5) is 0.225. The summed E-state index contributed by atoms with van der Waals surface area (Å²) in [5.74, 6) is 0. The number of H-pyrrole nitrogens is 1. The quantitative estimate of drug-likeness (QED) is 0.739. The first-order chi connectivity index (χ1) is 9.54. The zero-order valence-electron chi connectivity index (χ0n) is 11.5. The molecule has 0 aliphatic carbocycles. The molecule has 1 heterocycles. The largest absolute Gasteiger partial charge is 0.314 e. The fourth-order valence-electron chi connectivity index (χ4n) is 1.96. The summed E-state index contributed by atoms with van der Waals surface area (Å²) in [7, 11) is -1.83. The number of hydrogen-bond donors (Lipinski definition) is 3. The van der Waals surface area contributed by atoms with Crippen molar-refractivity contribution in [2.45, 2.75) is 24.9 Å². The van der Waals surface area contributed by atoms with Crippen LogP contribution in [0.3, 0.4) is 0 Å². The Kier molecular flexibility index (Phi) is 4.53. The molecule has 1 aromatic carbocycles. The van der Waals surface area contributed by atoms with Gasteiger partial charge in [0.2, 0.25) is 10.0 Å². The van der Waals surface area contributed by atoms with Crippen LogP contribution in [-0.4, -0.2) is 25.7 Å². The van der Waals surface area contributed by atoms with Crippen LogP contribution in [0, 0.1) is 6.92 Å². The first kappa shape index (κ1) is 14.7. The van der Waals surface area contributed by atoms with Gasteiger partial charge in [-0.3, -0.25) is 5.10 Å². The van der Waals surface area contributed by atoms with E-state index in [1.807, 2.05) is 30.3 Å². The number of hydrogen-bond acceptors (Lipinski definition) is 4. The Balaban J connectivity index is 2.20. The van der Waals surface area contributed by atoms with Crippen LogP contribution in [0.2, 0.25) is 0 Å². The number of nitrogens with one attached hydrogen (secondary N) is 3. The average molecular weight is 294 g/mol. The Morgan fingerprint density at radius 3 is 2.55 bits per heavy atom. The molecule has 0 spiro atoms. The van der Waals surface area contributed by atoms with Crippen LogP contribution in [0.4, 0.5) is 0 Å². The van der Waals surface area contributed by atoms with Crippen molar-refractivity contribution in [3.05, 3.63) is 47.3 Å². The van der Waals surface area contributed by atoms with E-state index in [0.717, 1.165) is 5.56 Å². The minimum atomic E-state index is -3.58. The fraction of sp³-hybridized carbons (Fsp3) is 0.308. The molecule has 7 heteroatoms. The van der Waals surface area contributed by atoms with Crippen molar-refractivity contribution in [3.8, 4) is 0 Å². The van der Waals surface area contributed by atoms with E-state index in [9.17, 15) is 8.42 Å². The second-order valence-corrected chi connectivity index (χ2v) is 6.17. The van der Waals surface area contributed by atoms with Gasteiger partial charge < -0.3 is 5.32 Å². The van der Waals surface area contributed by atoms with Crippen molar-refractivity contribution >= 4 is 10.0 Å². The smallest absolute Gasteiger partial charge is 0.244 e. The third-order valence-electron chi connectivity index (χ3n) is 2.88. The third kappa shape index (κ3) is 3.24. The Morgan fingerprint density at radius 1 is 1.20 bits per heavy atom. The van der Waals surface area contributed by atoms with Gasteiger partial charge in [-0.1, -0.05) is 30.3 Å². The maximum atomic E-state index is 12.4. The number of sulfonamides is 1. The van der Waals surface area contributed by atoms with Crippen LogP contribution in [0.15, 0.2) is 35.2 Å². The fourth-order valence-corrected chi connectivity index (χ4v) is 3.34. The SMILES string of the molecule is CNCc1n[nH]c(C)c1S(=O)(=O)NCc1ccccc1. The lowest BCUT2D eigenvalue weighted by molar-refractivity contribution is 0.578. The second-order valence-electron chi connectivity index (χ2n) is 4.46. The van der Waals surface area contributed by atoms with Crippen LogP contribution >= 0.6 is 0 Å². The standard InChI is InChI=1S/C13H18N4O2S/c1-10-13(12(9-14-2)17-16-10)20(18,19)15-8-11-6-4-3-5-7-11/h3-7,14-15H,8-9H2,1-2H3,(H,16,17). The summed E-state index contributed by atoms with van der Waals surface area (Å²) in [5.41, 5.74) is 1.94. The predicted molar refractivity (Wildman–Crippen MR) is 76.6 cm³/mol. The first-order valence-corrected chi connectivity index (χ1v) is 7.75. The molecule has 0 atom stereocenters. The van der Waals surface area contributed by atoms with E-state index >= 15 is 0 Å². The zero-order chi connectivity index (χ0) is 14.6. The summed E-state index contributed by atoms with van der Waals surface area (Å²) in [6.45, 7) is 2.35. The molecule has 20 heavy (non-hydrogen) atoms. The molecule has 0 saturated heterocycles. The lowest BCUT2D eigenvalue weighted by atomic mass is 10.2. The van der Waals surface area contributed by atoms with Gasteiger partial charge in [0.25, 0.3) is 0 Å². The number of aromatic amines is 1. The van der Waals surface area contributed by atoms with E-state index in [0.29, 0.717) is 17.9 Å². The maximum absolute atomic E-state index is 12.4. The Morgan fingerprint density at radius 2 is 1.90 bits per heavy atom. The van der Waals surface area contributed by atoms with E-state index in [4.69, 9.17) is 0 Å². The summed E-state index contributed by atoms with van der Waals surface area (Å²) in [6.07, 6.45) is 0. The van der Waals surface area contributed by atoms with Gasteiger partial charge in [-0.05, 0) is 19.5 Å². The van der Waals surface area contributed by atoms with Gasteiger partial charge in [0.1, 0.15) is 4.90 Å². The minimum absolute atomic E-state index is 0.225. The van der Waals surface area contributed by atoms with E-state index < -0.39 is 10.0 Å². The van der Waals surface area contributed by atoms with E-state index in [1.54, 1.807) is 14.0 Å². The molecule has 1 aromatic heterocycles. The van der Waals surface area contributed by atoms with Crippen LogP contribution in [-0.2, 0) is 23.1 Å². The summed E-state index contributed by atoms with van der Waals surface area (Å²) < 4.78 is 27.4. The van der Waals surface area contributed by atoms with Gasteiger partial charge in [-0.25, -0.2) is 13.1 Å². The van der Waals surface area contributed by atoms with Gasteiger partial charge in [0.05, 0.1) is 11.4 Å². The van der Waals surface area contributed by atoms with E-state index in [2.05, 4.69) is 20.2 Å². The average Bonchev–Trinajstić information content (AvgIpc) is 2.80. The monoisotopic (exact) mass is 294 g/mol. The molecular formula is C13H18N4O2S. The van der Waals surface area contributed by atoms with Crippen LogP contribution in [0.5, 0.6) is 0 Å². The zero-order valence-corrected chi connectivity index (χ0v) is 12.3. The molecule has 108 valence electrons. The summed E-state index contributed by atoms with van der Waals surface area (Å²) >= 11 is 0. The minimum Gasteiger partial charge on any atom is -0.314 e. The molecule has 3 N–H and O–H groups in total. The van der Waals surface area contributed by atoms with Crippen molar-refractivity contribution in [2.24, 2.45) is 0 Å². The number of benzene rings is 1. The number of rotatable bonds is 6. The molecule has 6 nitrogen and oxygen atoms in total. The van der Waals surface area contributed by atoms with Gasteiger partial charge in [-0.2, -0.15) is 5.10 Å². The van der Waals surface area contributed by atoms with Crippen LogP contribution in [0.25, 0.3) is 0 Å². The first-order valence-electron chi connectivity index (χ1n) is 6.26. The van der Waals surface area contributed by atoms with Crippen molar-refractivity contribution in [3.63, 3.8) is 0 Å². The number of aromatic nitrogens is 2. The highest BCUT2D eigenvalue weighted by molar-refractivity contribution is 7.89. The molecular weight excluding hydrogens is 276 g/mol. The highest BCUT2D eigenvalue weighted by atomic mass is 32.2. The highest BCUT2D eigenvalue weighted by Crippen LogP contribution is 2.17.